The van der Waals surface area contributed by atoms with Gasteiger partial charge in [0.05, 0.1) is 16.7 Å². The van der Waals surface area contributed by atoms with Crippen LogP contribution in [0.2, 0.25) is 0 Å². The van der Waals surface area contributed by atoms with Gasteiger partial charge in [0.2, 0.25) is 0 Å². The molecule has 0 aliphatic carbocycles. The number of ether oxygens (including phenoxy) is 3. The lowest BCUT2D eigenvalue weighted by atomic mass is 10.0. The van der Waals surface area contributed by atoms with Crippen LogP contribution in [0.4, 0.5) is 0 Å². The summed E-state index contributed by atoms with van der Waals surface area (Å²) in [5.74, 6) is 0.133. The Morgan fingerprint density at radius 3 is 0.627 bits per heavy atom. The van der Waals surface area contributed by atoms with E-state index in [1.54, 1.807) is 109 Å². The second-order valence-electron chi connectivity index (χ2n) is 13.6. The van der Waals surface area contributed by atoms with Crippen molar-refractivity contribution < 1.29 is 38.8 Å². The molecule has 0 atom stereocenters. The minimum Gasteiger partial charge on any atom is -0.508 e. The predicted octanol–water partition coefficient (Wildman–Crippen LogP) is 11.4. The summed E-state index contributed by atoms with van der Waals surface area (Å²) in [5.41, 5.74) is 8.39. The van der Waals surface area contributed by atoms with Gasteiger partial charge in [-0.1, -0.05) is 97.1 Å². The highest BCUT2D eigenvalue weighted by molar-refractivity contribution is 5.93. The highest BCUT2D eigenvalue weighted by atomic mass is 16.5. The minimum atomic E-state index is -0.500. The molecule has 0 saturated heterocycles. The van der Waals surface area contributed by atoms with Gasteiger partial charge in [-0.15, -0.1) is 0 Å². The Bertz CT molecular complexity index is 2720. The average Bonchev–Trinajstić information content (AvgIpc) is 3.28. The number of carbonyl (C=O) groups is 3. The molecular weight excluding hydrogens is 741 g/mol. The van der Waals surface area contributed by atoms with E-state index in [1.165, 1.54) is 0 Å². The van der Waals surface area contributed by atoms with Crippen molar-refractivity contribution >= 4 is 17.9 Å². The smallest absolute Gasteiger partial charge is 0.343 e. The Labute approximate surface area is 339 Å². The molecule has 0 saturated carbocycles. The quantitative estimate of drug-likeness (QED) is 0.104. The zero-order valence-corrected chi connectivity index (χ0v) is 31.3. The van der Waals surface area contributed by atoms with E-state index in [0.29, 0.717) is 33.9 Å². The molecule has 0 spiro atoms. The Morgan fingerprint density at radius 2 is 0.424 bits per heavy atom. The summed E-state index contributed by atoms with van der Waals surface area (Å²) in [5, 5.41) is 19.0. The molecule has 8 aromatic rings. The molecule has 8 aromatic carbocycles. The second kappa shape index (κ2) is 16.9. The standard InChI is InChI=1S/C51H34O8/c52-44-23-13-36(14-24-44)33-1-7-41(8-2-33)49(54)57-46-27-17-38(18-28-46)34-3-9-42(10-4-34)50(55)58-47-29-19-39(20-30-47)35-5-11-43(12-6-35)51(56)59-48-31-21-40(22-32-48)37-15-25-45(53)26-16-37/h1-32,52-53H. The van der Waals surface area contributed by atoms with Gasteiger partial charge >= 0.3 is 17.9 Å². The number of phenolic OH excluding ortho intramolecular Hbond substituents is 2. The molecule has 8 nitrogen and oxygen atoms in total. The third-order valence-electron chi connectivity index (χ3n) is 9.62. The average molecular weight is 775 g/mol. The Balaban J connectivity index is 0.821. The van der Waals surface area contributed by atoms with E-state index < -0.39 is 17.9 Å². The van der Waals surface area contributed by atoms with E-state index in [4.69, 9.17) is 14.2 Å². The van der Waals surface area contributed by atoms with E-state index in [2.05, 4.69) is 0 Å². The van der Waals surface area contributed by atoms with E-state index in [9.17, 15) is 24.6 Å². The van der Waals surface area contributed by atoms with Crippen LogP contribution >= 0.6 is 0 Å². The number of phenols is 2. The molecule has 0 bridgehead atoms. The zero-order chi connectivity index (χ0) is 40.7. The number of aromatic hydroxyl groups is 2. The summed E-state index contributed by atoms with van der Waals surface area (Å²) in [6, 6.07) is 56.2. The molecule has 0 fully saturated rings. The van der Waals surface area contributed by atoms with Crippen molar-refractivity contribution in [3.63, 3.8) is 0 Å². The van der Waals surface area contributed by atoms with Crippen molar-refractivity contribution in [3.05, 3.63) is 211 Å². The van der Waals surface area contributed by atoms with Gasteiger partial charge in [-0.25, -0.2) is 14.4 Å². The van der Waals surface area contributed by atoms with Crippen molar-refractivity contribution in [2.24, 2.45) is 0 Å². The topological polar surface area (TPSA) is 119 Å². The number of benzene rings is 8. The number of esters is 3. The van der Waals surface area contributed by atoms with Gasteiger partial charge in [0.25, 0.3) is 0 Å². The van der Waals surface area contributed by atoms with Crippen molar-refractivity contribution in [2.45, 2.75) is 0 Å². The summed E-state index contributed by atoms with van der Waals surface area (Å²) in [7, 11) is 0. The number of hydrogen-bond acceptors (Lipinski definition) is 8. The number of carbonyl (C=O) groups excluding carboxylic acids is 3. The fourth-order valence-electron chi connectivity index (χ4n) is 6.35. The Hall–Kier alpha value is -8.23. The van der Waals surface area contributed by atoms with E-state index in [0.717, 1.165) is 44.5 Å². The highest BCUT2D eigenvalue weighted by Gasteiger charge is 2.13. The number of hydrogen-bond donors (Lipinski definition) is 2. The maximum Gasteiger partial charge on any atom is 0.343 e. The molecule has 0 aliphatic rings. The zero-order valence-electron chi connectivity index (χ0n) is 31.3. The summed E-state index contributed by atoms with van der Waals surface area (Å²) in [4.78, 5) is 38.6. The monoisotopic (exact) mass is 774 g/mol. The third kappa shape index (κ3) is 9.09. The van der Waals surface area contributed by atoms with Crippen LogP contribution in [0, 0.1) is 0 Å². The molecular formula is C51H34O8. The molecule has 0 radical (unpaired) electrons. The van der Waals surface area contributed by atoms with Gasteiger partial charge in [0.15, 0.2) is 0 Å². The third-order valence-corrected chi connectivity index (χ3v) is 9.62. The summed E-state index contributed by atoms with van der Waals surface area (Å²) >= 11 is 0. The first-order chi connectivity index (χ1) is 28.7. The van der Waals surface area contributed by atoms with E-state index >= 15 is 0 Å². The molecule has 0 aliphatic heterocycles. The van der Waals surface area contributed by atoms with E-state index in [1.807, 2.05) is 84.9 Å². The lowest BCUT2D eigenvalue weighted by Crippen LogP contribution is -2.08. The lowest BCUT2D eigenvalue weighted by Gasteiger charge is -2.09. The fraction of sp³-hybridized carbons (Fsp3) is 0. The normalized spacial score (nSPS) is 10.7. The van der Waals surface area contributed by atoms with Gasteiger partial charge in [0, 0.05) is 0 Å². The van der Waals surface area contributed by atoms with Crippen LogP contribution in [0.25, 0.3) is 44.5 Å². The molecule has 2 N–H and O–H groups in total. The van der Waals surface area contributed by atoms with Crippen LogP contribution in [-0.2, 0) is 0 Å². The summed E-state index contributed by atoms with van der Waals surface area (Å²) in [6.45, 7) is 0. The fourth-order valence-corrected chi connectivity index (χ4v) is 6.35. The maximum absolute atomic E-state index is 13.0. The highest BCUT2D eigenvalue weighted by Crippen LogP contribution is 2.28. The molecule has 8 rings (SSSR count). The molecule has 0 aromatic heterocycles. The van der Waals surface area contributed by atoms with Gasteiger partial charge < -0.3 is 24.4 Å². The molecule has 59 heavy (non-hydrogen) atoms. The van der Waals surface area contributed by atoms with Crippen LogP contribution < -0.4 is 14.2 Å². The van der Waals surface area contributed by atoms with Gasteiger partial charge in [0.1, 0.15) is 28.7 Å². The molecule has 8 heteroatoms. The van der Waals surface area contributed by atoms with Gasteiger partial charge in [-0.3, -0.25) is 0 Å². The molecule has 0 amide bonds. The van der Waals surface area contributed by atoms with Gasteiger partial charge in [-0.2, -0.15) is 0 Å². The Morgan fingerprint density at radius 1 is 0.254 bits per heavy atom. The summed E-state index contributed by atoms with van der Waals surface area (Å²) < 4.78 is 16.8. The van der Waals surface area contributed by atoms with Crippen LogP contribution in [0.1, 0.15) is 31.1 Å². The number of rotatable bonds is 10. The first-order valence-electron chi connectivity index (χ1n) is 18.6. The van der Waals surface area contributed by atoms with Crippen LogP contribution in [0.3, 0.4) is 0 Å². The largest absolute Gasteiger partial charge is 0.508 e. The predicted molar refractivity (Wildman–Crippen MR) is 226 cm³/mol. The molecule has 286 valence electrons. The summed E-state index contributed by atoms with van der Waals surface area (Å²) in [6.07, 6.45) is 0. The minimum absolute atomic E-state index is 0.190. The first kappa shape index (κ1) is 37.7. The van der Waals surface area contributed by atoms with E-state index in [-0.39, 0.29) is 11.5 Å². The van der Waals surface area contributed by atoms with Gasteiger partial charge in [-0.05, 0) is 142 Å². The van der Waals surface area contributed by atoms with Crippen molar-refractivity contribution in [1.82, 2.24) is 0 Å². The lowest BCUT2D eigenvalue weighted by molar-refractivity contribution is 0.0725. The molecule has 0 heterocycles. The van der Waals surface area contributed by atoms with Crippen LogP contribution in [-0.4, -0.2) is 28.1 Å². The van der Waals surface area contributed by atoms with Crippen molar-refractivity contribution in [1.29, 1.82) is 0 Å². The Kier molecular flexibility index (Phi) is 10.8. The van der Waals surface area contributed by atoms with Crippen LogP contribution in [0.15, 0.2) is 194 Å². The second-order valence-corrected chi connectivity index (χ2v) is 13.6. The van der Waals surface area contributed by atoms with Crippen molar-refractivity contribution in [3.8, 4) is 73.3 Å². The van der Waals surface area contributed by atoms with Crippen LogP contribution in [0.5, 0.6) is 28.7 Å². The molecule has 0 unspecified atom stereocenters. The first-order valence-corrected chi connectivity index (χ1v) is 18.6. The maximum atomic E-state index is 13.0. The SMILES string of the molecule is O=C(Oc1ccc(-c2ccc(C(=O)Oc3ccc(-c4ccc(C(=O)Oc5ccc(-c6ccc(O)cc6)cc5)cc4)cc3)cc2)cc1)c1ccc(-c2ccc(O)cc2)cc1. The van der Waals surface area contributed by atoms with Crippen molar-refractivity contribution in [2.75, 3.05) is 0 Å².